The summed E-state index contributed by atoms with van der Waals surface area (Å²) in [4.78, 5) is 15.9. The first-order valence-electron chi connectivity index (χ1n) is 11.4. The molecule has 0 atom stereocenters. The molecule has 3 N–H and O–H groups in total. The van der Waals surface area contributed by atoms with Crippen LogP contribution in [-0.2, 0) is 6.61 Å². The van der Waals surface area contributed by atoms with Crippen LogP contribution in [0.3, 0.4) is 0 Å². The lowest BCUT2D eigenvalue weighted by Gasteiger charge is -2.11. The highest BCUT2D eigenvalue weighted by atomic mass is 16.5. The van der Waals surface area contributed by atoms with Crippen LogP contribution >= 0.6 is 0 Å². The number of hydrogen-bond acceptors (Lipinski definition) is 5. The predicted molar refractivity (Wildman–Crippen MR) is 139 cm³/mol. The fraction of sp³-hybridized carbons (Fsp3) is 0.107. The molecule has 0 fully saturated rings. The van der Waals surface area contributed by atoms with Crippen molar-refractivity contribution < 1.29 is 14.3 Å². The monoisotopic (exact) mass is 479 g/mol. The molecule has 5 rings (SSSR count). The Morgan fingerprint density at radius 1 is 1.03 bits per heavy atom. The maximum Gasteiger partial charge on any atom is 0.289 e. The third kappa shape index (κ3) is 4.83. The maximum atomic E-state index is 12.6. The minimum absolute atomic E-state index is 0.293. The molecule has 0 aliphatic carbocycles. The van der Waals surface area contributed by atoms with Gasteiger partial charge >= 0.3 is 0 Å². The minimum atomic E-state index is -0.391. The second-order valence-electron chi connectivity index (χ2n) is 8.22. The highest BCUT2D eigenvalue weighted by Gasteiger charge is 2.13. The van der Waals surface area contributed by atoms with E-state index < -0.39 is 5.91 Å². The number of nitrogens with one attached hydrogen (secondary N) is 3. The molecule has 36 heavy (non-hydrogen) atoms. The lowest BCUT2D eigenvalue weighted by molar-refractivity contribution is 0.0950. The summed E-state index contributed by atoms with van der Waals surface area (Å²) in [5.41, 5.74) is 8.23. The molecule has 1 amide bonds. The Morgan fingerprint density at radius 2 is 1.83 bits per heavy atom. The number of rotatable bonds is 8. The summed E-state index contributed by atoms with van der Waals surface area (Å²) in [5.74, 6) is 0.814. The van der Waals surface area contributed by atoms with Crippen LogP contribution < -0.4 is 14.9 Å². The maximum absolute atomic E-state index is 12.6. The Kier molecular flexibility index (Phi) is 6.48. The largest absolute Gasteiger partial charge is 0.493 e. The molecule has 3 aromatic carbocycles. The summed E-state index contributed by atoms with van der Waals surface area (Å²) < 4.78 is 11.4. The van der Waals surface area contributed by atoms with E-state index in [0.717, 1.165) is 33.3 Å². The van der Waals surface area contributed by atoms with Crippen LogP contribution in [0.4, 0.5) is 0 Å². The first-order valence-corrected chi connectivity index (χ1v) is 11.4. The fourth-order valence-electron chi connectivity index (χ4n) is 3.95. The number of methoxy groups -OCH3 is 1. The molecule has 2 aromatic heterocycles. The van der Waals surface area contributed by atoms with Gasteiger partial charge in [0.2, 0.25) is 0 Å². The number of benzene rings is 3. The molecular formula is C28H25N5O3. The summed E-state index contributed by atoms with van der Waals surface area (Å²) in [6, 6.07) is 25.1. The molecule has 0 aliphatic heterocycles. The Morgan fingerprint density at radius 3 is 2.67 bits per heavy atom. The number of aryl methyl sites for hydroxylation is 1. The molecule has 0 saturated heterocycles. The molecule has 0 spiro atoms. The predicted octanol–water partition coefficient (Wildman–Crippen LogP) is 5.22. The third-order valence-electron chi connectivity index (χ3n) is 5.82. The van der Waals surface area contributed by atoms with Gasteiger partial charge in [0.05, 0.1) is 19.0 Å². The van der Waals surface area contributed by atoms with E-state index in [2.05, 4.69) is 25.7 Å². The third-order valence-corrected chi connectivity index (χ3v) is 5.82. The zero-order chi connectivity index (χ0) is 24.9. The van der Waals surface area contributed by atoms with Crippen LogP contribution in [0.2, 0.25) is 0 Å². The number of amides is 1. The molecule has 8 heteroatoms. The summed E-state index contributed by atoms with van der Waals surface area (Å²) >= 11 is 0. The van der Waals surface area contributed by atoms with Crippen molar-refractivity contribution in [2.24, 2.45) is 5.10 Å². The standard InChI is InChI=1S/C28H25N5O3/c1-18-22(21-10-6-7-11-23(21)30-18)16-29-33-28(34)25-15-24(31-32-25)20-12-13-26(27(14-20)35-2)36-17-19-8-4-3-5-9-19/h3-16,30H,17H2,1-2H3,(H,31,32)(H,33,34)/b29-16-. The number of aromatic amines is 2. The number of carbonyl (C=O) groups is 1. The number of ether oxygens (including phenoxy) is 2. The minimum Gasteiger partial charge on any atom is -0.493 e. The lowest BCUT2D eigenvalue weighted by Crippen LogP contribution is -2.18. The highest BCUT2D eigenvalue weighted by molar-refractivity contribution is 6.01. The second-order valence-corrected chi connectivity index (χ2v) is 8.22. The molecule has 0 radical (unpaired) electrons. The SMILES string of the molecule is COc1cc(-c2cc(C(=O)N/N=C\c3c(C)[nH]c4ccccc34)[nH]n2)ccc1OCc1ccccc1. The number of hydrogen-bond donors (Lipinski definition) is 3. The molecule has 0 aliphatic rings. The van der Waals surface area contributed by atoms with Gasteiger partial charge in [-0.15, -0.1) is 0 Å². The van der Waals surface area contributed by atoms with Crippen molar-refractivity contribution in [3.63, 3.8) is 0 Å². The molecular weight excluding hydrogens is 454 g/mol. The molecule has 5 aromatic rings. The van der Waals surface area contributed by atoms with Crippen molar-refractivity contribution in [1.29, 1.82) is 0 Å². The van der Waals surface area contributed by atoms with Crippen molar-refractivity contribution in [3.8, 4) is 22.8 Å². The van der Waals surface area contributed by atoms with E-state index in [1.807, 2.05) is 79.7 Å². The summed E-state index contributed by atoms with van der Waals surface area (Å²) in [7, 11) is 1.59. The normalized spacial score (nSPS) is 11.2. The quantitative estimate of drug-likeness (QED) is 0.210. The number of fused-ring (bicyclic) bond motifs is 1. The number of para-hydroxylation sites is 1. The Bertz CT molecular complexity index is 1540. The van der Waals surface area contributed by atoms with Gasteiger partial charge in [0.1, 0.15) is 12.3 Å². The summed E-state index contributed by atoms with van der Waals surface area (Å²) in [6.07, 6.45) is 1.64. The van der Waals surface area contributed by atoms with Crippen molar-refractivity contribution in [2.75, 3.05) is 7.11 Å². The zero-order valence-electron chi connectivity index (χ0n) is 19.9. The number of carbonyl (C=O) groups excluding carboxylic acids is 1. The molecule has 2 heterocycles. The van der Waals surface area contributed by atoms with E-state index >= 15 is 0 Å². The highest BCUT2D eigenvalue weighted by Crippen LogP contribution is 2.32. The zero-order valence-corrected chi connectivity index (χ0v) is 19.9. The van der Waals surface area contributed by atoms with Gasteiger partial charge in [-0.05, 0) is 42.8 Å². The summed E-state index contributed by atoms with van der Waals surface area (Å²) in [6.45, 7) is 2.40. The fourth-order valence-corrected chi connectivity index (χ4v) is 3.95. The van der Waals surface area contributed by atoms with Gasteiger partial charge in [-0.2, -0.15) is 10.2 Å². The van der Waals surface area contributed by atoms with Gasteiger partial charge in [-0.25, -0.2) is 5.43 Å². The molecule has 0 saturated carbocycles. The van der Waals surface area contributed by atoms with Gasteiger partial charge in [-0.3, -0.25) is 9.89 Å². The smallest absolute Gasteiger partial charge is 0.289 e. The van der Waals surface area contributed by atoms with E-state index in [4.69, 9.17) is 9.47 Å². The number of H-pyrrole nitrogens is 2. The first-order chi connectivity index (χ1) is 17.6. The number of hydrazone groups is 1. The second kappa shape index (κ2) is 10.2. The molecule has 8 nitrogen and oxygen atoms in total. The van der Waals surface area contributed by atoms with Crippen LogP contribution in [0.15, 0.2) is 84.0 Å². The Hall–Kier alpha value is -4.85. The van der Waals surface area contributed by atoms with E-state index in [-0.39, 0.29) is 0 Å². The van der Waals surface area contributed by atoms with Crippen LogP contribution in [0.1, 0.15) is 27.3 Å². The van der Waals surface area contributed by atoms with Crippen LogP contribution in [0.5, 0.6) is 11.5 Å². The van der Waals surface area contributed by atoms with Crippen LogP contribution in [0, 0.1) is 6.92 Å². The van der Waals surface area contributed by atoms with E-state index in [0.29, 0.717) is 29.5 Å². The van der Waals surface area contributed by atoms with Crippen molar-refractivity contribution in [3.05, 3.63) is 101 Å². The Balaban J connectivity index is 1.26. The molecule has 0 bridgehead atoms. The first kappa shape index (κ1) is 22.9. The van der Waals surface area contributed by atoms with Gasteiger partial charge < -0.3 is 14.5 Å². The van der Waals surface area contributed by atoms with Gasteiger partial charge in [-0.1, -0.05) is 48.5 Å². The molecule has 0 unspecified atom stereocenters. The lowest BCUT2D eigenvalue weighted by atomic mass is 10.1. The van der Waals surface area contributed by atoms with Crippen molar-refractivity contribution in [2.45, 2.75) is 13.5 Å². The van der Waals surface area contributed by atoms with Gasteiger partial charge in [0, 0.05) is 27.7 Å². The summed E-state index contributed by atoms with van der Waals surface area (Å²) in [5, 5.41) is 12.2. The van der Waals surface area contributed by atoms with Crippen LogP contribution in [-0.4, -0.2) is 34.4 Å². The van der Waals surface area contributed by atoms with E-state index in [9.17, 15) is 4.79 Å². The number of nitrogens with zero attached hydrogens (tertiary/aromatic N) is 2. The van der Waals surface area contributed by atoms with Gasteiger partial charge in [0.25, 0.3) is 5.91 Å². The van der Waals surface area contributed by atoms with E-state index in [1.54, 1.807) is 19.4 Å². The number of aromatic nitrogens is 3. The average Bonchev–Trinajstić information content (AvgIpc) is 3.53. The van der Waals surface area contributed by atoms with E-state index in [1.165, 1.54) is 0 Å². The topological polar surface area (TPSA) is 104 Å². The average molecular weight is 480 g/mol. The van der Waals surface area contributed by atoms with Crippen molar-refractivity contribution in [1.82, 2.24) is 20.6 Å². The molecule has 180 valence electrons. The van der Waals surface area contributed by atoms with Crippen LogP contribution in [0.25, 0.3) is 22.2 Å². The Labute approximate surface area is 208 Å². The van der Waals surface area contributed by atoms with Gasteiger partial charge in [0.15, 0.2) is 11.5 Å². The van der Waals surface area contributed by atoms with Crippen molar-refractivity contribution >= 4 is 23.0 Å².